The van der Waals surface area contributed by atoms with Crippen LogP contribution in [0, 0.1) is 0 Å². The van der Waals surface area contributed by atoms with Gasteiger partial charge in [0.15, 0.2) is 12.1 Å². The van der Waals surface area contributed by atoms with E-state index < -0.39 is 48.6 Å². The van der Waals surface area contributed by atoms with Gasteiger partial charge in [-0.25, -0.2) is 4.79 Å². The molecule has 11 heteroatoms. The second-order valence-electron chi connectivity index (χ2n) is 9.23. The number of thioether (sulfide) groups is 1. The van der Waals surface area contributed by atoms with Crippen LogP contribution in [0.2, 0.25) is 0 Å². The zero-order valence-electron chi connectivity index (χ0n) is 22.0. The number of aliphatic hydroxyl groups is 2. The molecule has 1 saturated heterocycles. The van der Waals surface area contributed by atoms with Crippen LogP contribution in [0.5, 0.6) is 0 Å². The highest BCUT2D eigenvalue weighted by Crippen LogP contribution is 2.36. The van der Waals surface area contributed by atoms with Gasteiger partial charge < -0.3 is 30.5 Å². The molecule has 0 aromatic heterocycles. The summed E-state index contributed by atoms with van der Waals surface area (Å²) in [5, 5.41) is 25.4. The maximum atomic E-state index is 13.2. The first-order chi connectivity index (χ1) is 18.8. The van der Waals surface area contributed by atoms with Crippen molar-refractivity contribution in [2.24, 2.45) is 0 Å². The van der Waals surface area contributed by atoms with Crippen molar-refractivity contribution in [1.29, 1.82) is 0 Å². The van der Waals surface area contributed by atoms with Crippen molar-refractivity contribution in [3.05, 3.63) is 71.8 Å². The van der Waals surface area contributed by atoms with Crippen molar-refractivity contribution >= 4 is 35.5 Å². The quantitative estimate of drug-likeness (QED) is 0.283. The molecule has 1 aliphatic rings. The van der Waals surface area contributed by atoms with E-state index in [1.54, 1.807) is 0 Å². The number of benzene rings is 2. The van der Waals surface area contributed by atoms with E-state index in [1.165, 1.54) is 23.6 Å². The van der Waals surface area contributed by atoms with Crippen LogP contribution in [0.15, 0.2) is 60.7 Å². The molecule has 1 heterocycles. The Morgan fingerprint density at radius 3 is 2.13 bits per heavy atom. The number of aliphatic hydroxyl groups excluding tert-OH is 2. The second-order valence-corrected chi connectivity index (χ2v) is 10.4. The monoisotopic (exact) mass is 557 g/mol. The average Bonchev–Trinajstić information content (AvgIpc) is 3.46. The Bertz CT molecular complexity index is 1080. The van der Waals surface area contributed by atoms with Gasteiger partial charge in [0.05, 0.1) is 25.0 Å². The van der Waals surface area contributed by atoms with Crippen LogP contribution in [0.1, 0.15) is 36.1 Å². The topological polar surface area (TPSA) is 145 Å². The summed E-state index contributed by atoms with van der Waals surface area (Å²) in [5.41, 5.74) is 2.00. The molecule has 3 rings (SSSR count). The number of amides is 3. The minimum absolute atomic E-state index is 0.129. The Morgan fingerprint density at radius 2 is 1.62 bits per heavy atom. The van der Waals surface area contributed by atoms with Crippen molar-refractivity contribution in [1.82, 2.24) is 15.5 Å². The Kier molecular flexibility index (Phi) is 11.3. The number of methoxy groups -OCH3 is 1. The van der Waals surface area contributed by atoms with Crippen molar-refractivity contribution in [3.8, 4) is 0 Å². The number of esters is 1. The number of nitrogens with one attached hydrogen (secondary N) is 2. The summed E-state index contributed by atoms with van der Waals surface area (Å²) in [4.78, 5) is 51.5. The molecule has 2 aromatic carbocycles. The number of carbonyl (C=O) groups is 4. The second kappa shape index (κ2) is 14.7. The van der Waals surface area contributed by atoms with Gasteiger partial charge in [0.25, 0.3) is 5.91 Å². The van der Waals surface area contributed by atoms with Crippen LogP contribution >= 0.6 is 11.8 Å². The van der Waals surface area contributed by atoms with E-state index in [0.29, 0.717) is 19.4 Å². The summed E-state index contributed by atoms with van der Waals surface area (Å²) in [6.07, 6.45) is -0.611. The summed E-state index contributed by atoms with van der Waals surface area (Å²) >= 11 is 1.43. The third-order valence-corrected chi connectivity index (χ3v) is 8.00. The molecule has 4 atom stereocenters. The van der Waals surface area contributed by atoms with Crippen molar-refractivity contribution in [2.75, 3.05) is 26.0 Å². The van der Waals surface area contributed by atoms with E-state index in [1.807, 2.05) is 60.7 Å². The Labute approximate surface area is 232 Å². The molecule has 3 amide bonds. The van der Waals surface area contributed by atoms with Crippen molar-refractivity contribution in [2.45, 2.75) is 49.2 Å². The molecule has 0 aliphatic carbocycles. The molecule has 0 radical (unpaired) electrons. The van der Waals surface area contributed by atoms with Gasteiger partial charge in [-0.2, -0.15) is 0 Å². The number of carbonyl (C=O) groups excluding carboxylic acids is 4. The molecule has 2 aromatic rings. The number of nitrogens with zero attached hydrogens (tertiary/aromatic N) is 1. The largest absolute Gasteiger partial charge is 0.467 e. The summed E-state index contributed by atoms with van der Waals surface area (Å²) in [6.45, 7) is 1.13. The Balaban J connectivity index is 1.84. The summed E-state index contributed by atoms with van der Waals surface area (Å²) < 4.78 is 4.58. The van der Waals surface area contributed by atoms with E-state index in [0.717, 1.165) is 18.2 Å². The lowest BCUT2D eigenvalue weighted by molar-refractivity contribution is -0.148. The molecule has 0 bridgehead atoms. The van der Waals surface area contributed by atoms with Gasteiger partial charge in [0.2, 0.25) is 11.8 Å². The zero-order chi connectivity index (χ0) is 28.4. The standard InChI is InChI=1S/C28H35N3O7S/c1-18(33)31-15-9-14-23(31)26(35)30-22(24(34)27(36)29-21(16-32)28(37)38-2)17-39-25(19-10-5-3-6-11-19)20-12-7-4-8-13-20/h3-8,10-13,21-25,32,34H,9,14-17H2,1-2H3,(H,29,36)(H,30,35)/t21-,22-,23-,24+/m0/s1. The SMILES string of the molecule is COC(=O)[C@H](CO)NC(=O)[C@H](O)[C@H](CSC(c1ccccc1)c1ccccc1)NC(=O)[C@@H]1CCCN1C(C)=O. The van der Waals surface area contributed by atoms with Crippen LogP contribution in [0.4, 0.5) is 0 Å². The van der Waals surface area contributed by atoms with Crippen molar-refractivity contribution < 1.29 is 34.1 Å². The fourth-order valence-electron chi connectivity index (χ4n) is 4.51. The van der Waals surface area contributed by atoms with Crippen LogP contribution in [0.3, 0.4) is 0 Å². The van der Waals surface area contributed by atoms with Crippen LogP contribution in [-0.4, -0.2) is 89.0 Å². The summed E-state index contributed by atoms with van der Waals surface area (Å²) in [6, 6.07) is 16.3. The number of rotatable bonds is 12. The van der Waals surface area contributed by atoms with Crippen LogP contribution < -0.4 is 10.6 Å². The first kappa shape index (κ1) is 30.1. The minimum atomic E-state index is -1.75. The average molecular weight is 558 g/mol. The normalized spacial score (nSPS) is 17.3. The number of ether oxygens (including phenoxy) is 1. The molecule has 10 nitrogen and oxygen atoms in total. The number of hydrogen-bond acceptors (Lipinski definition) is 8. The van der Waals surface area contributed by atoms with Gasteiger partial charge >= 0.3 is 5.97 Å². The lowest BCUT2D eigenvalue weighted by atomic mass is 10.0. The predicted octanol–water partition coefficient (Wildman–Crippen LogP) is 1.02. The van der Waals surface area contributed by atoms with Gasteiger partial charge in [0, 0.05) is 19.2 Å². The third-order valence-electron chi connectivity index (χ3n) is 6.57. The van der Waals surface area contributed by atoms with Gasteiger partial charge in [0.1, 0.15) is 6.04 Å². The van der Waals surface area contributed by atoms with Gasteiger partial charge in [-0.05, 0) is 24.0 Å². The first-order valence-corrected chi connectivity index (χ1v) is 13.8. The van der Waals surface area contributed by atoms with E-state index in [-0.39, 0.29) is 16.9 Å². The molecule has 210 valence electrons. The number of hydrogen-bond donors (Lipinski definition) is 4. The number of likely N-dealkylation sites (tertiary alicyclic amines) is 1. The molecule has 0 spiro atoms. The molecule has 0 saturated carbocycles. The van der Waals surface area contributed by atoms with Gasteiger partial charge in [-0.3, -0.25) is 14.4 Å². The third kappa shape index (κ3) is 8.04. The van der Waals surface area contributed by atoms with E-state index >= 15 is 0 Å². The predicted molar refractivity (Wildman–Crippen MR) is 147 cm³/mol. The van der Waals surface area contributed by atoms with E-state index in [4.69, 9.17) is 0 Å². The smallest absolute Gasteiger partial charge is 0.330 e. The fourth-order valence-corrected chi connectivity index (χ4v) is 5.87. The maximum Gasteiger partial charge on any atom is 0.330 e. The maximum absolute atomic E-state index is 13.2. The van der Waals surface area contributed by atoms with Gasteiger partial charge in [-0.1, -0.05) is 60.7 Å². The van der Waals surface area contributed by atoms with Crippen LogP contribution in [0.25, 0.3) is 0 Å². The molecular weight excluding hydrogens is 522 g/mol. The zero-order valence-corrected chi connectivity index (χ0v) is 22.8. The Hall–Kier alpha value is -3.41. The first-order valence-electron chi connectivity index (χ1n) is 12.7. The van der Waals surface area contributed by atoms with E-state index in [2.05, 4.69) is 15.4 Å². The highest BCUT2D eigenvalue weighted by atomic mass is 32.2. The fraction of sp³-hybridized carbons (Fsp3) is 0.429. The molecule has 0 unspecified atom stereocenters. The lowest BCUT2D eigenvalue weighted by Gasteiger charge is -2.29. The summed E-state index contributed by atoms with van der Waals surface area (Å²) in [5.74, 6) is -2.39. The van der Waals surface area contributed by atoms with Crippen LogP contribution in [-0.2, 0) is 23.9 Å². The highest BCUT2D eigenvalue weighted by molar-refractivity contribution is 7.99. The summed E-state index contributed by atoms with van der Waals surface area (Å²) in [7, 11) is 1.11. The Morgan fingerprint density at radius 1 is 1.03 bits per heavy atom. The molecule has 1 fully saturated rings. The molecular formula is C28H35N3O7S. The van der Waals surface area contributed by atoms with Gasteiger partial charge in [-0.15, -0.1) is 11.8 Å². The molecule has 39 heavy (non-hydrogen) atoms. The molecule has 4 N–H and O–H groups in total. The molecule has 1 aliphatic heterocycles. The van der Waals surface area contributed by atoms with Crippen molar-refractivity contribution in [3.63, 3.8) is 0 Å². The van der Waals surface area contributed by atoms with E-state index in [9.17, 15) is 29.4 Å². The highest BCUT2D eigenvalue weighted by Gasteiger charge is 2.37. The minimum Gasteiger partial charge on any atom is -0.467 e. The lowest BCUT2D eigenvalue weighted by Crippen LogP contribution is -2.58.